The van der Waals surface area contributed by atoms with Gasteiger partial charge in [-0.3, -0.25) is 4.79 Å². The number of nitrogens with one attached hydrogen (secondary N) is 2. The molecule has 2 rings (SSSR count). The first kappa shape index (κ1) is 23.8. The van der Waals surface area contributed by atoms with Gasteiger partial charge in [0.15, 0.2) is 0 Å². The molecule has 0 aliphatic carbocycles. The van der Waals surface area contributed by atoms with Crippen molar-refractivity contribution in [3.63, 3.8) is 0 Å². The zero-order chi connectivity index (χ0) is 21.9. The van der Waals surface area contributed by atoms with Gasteiger partial charge in [-0.2, -0.15) is 0 Å². The molecular formula is C22H37N3O3S. The molecule has 1 fully saturated rings. The number of amides is 1. The second kappa shape index (κ2) is 9.14. The van der Waals surface area contributed by atoms with Crippen molar-refractivity contribution in [2.24, 2.45) is 0 Å². The first-order valence-electron chi connectivity index (χ1n) is 10.6. The van der Waals surface area contributed by atoms with Crippen molar-refractivity contribution in [1.29, 1.82) is 0 Å². The van der Waals surface area contributed by atoms with Crippen LogP contribution in [0.15, 0.2) is 29.2 Å². The van der Waals surface area contributed by atoms with E-state index in [1.807, 2.05) is 4.90 Å². The summed E-state index contributed by atoms with van der Waals surface area (Å²) < 4.78 is 26.8. The maximum Gasteiger partial charge on any atom is 0.254 e. The highest BCUT2D eigenvalue weighted by molar-refractivity contribution is 7.89. The Labute approximate surface area is 176 Å². The average Bonchev–Trinajstić information content (AvgIpc) is 2.59. The van der Waals surface area contributed by atoms with Crippen molar-refractivity contribution in [1.82, 2.24) is 14.9 Å². The lowest BCUT2D eigenvalue weighted by Crippen LogP contribution is -2.62. The quantitative estimate of drug-likeness (QED) is 0.670. The van der Waals surface area contributed by atoms with Crippen molar-refractivity contribution in [3.05, 3.63) is 29.8 Å². The molecule has 0 spiro atoms. The number of sulfonamides is 1. The molecule has 1 aliphatic heterocycles. The highest BCUT2D eigenvalue weighted by Gasteiger charge is 2.41. The van der Waals surface area contributed by atoms with Gasteiger partial charge in [0.1, 0.15) is 0 Å². The van der Waals surface area contributed by atoms with Crippen molar-refractivity contribution in [2.45, 2.75) is 89.2 Å². The van der Waals surface area contributed by atoms with Crippen LogP contribution in [0.25, 0.3) is 0 Å². The molecular weight excluding hydrogens is 386 g/mol. The summed E-state index contributed by atoms with van der Waals surface area (Å²) in [4.78, 5) is 15.6. The van der Waals surface area contributed by atoms with E-state index in [1.165, 1.54) is 12.1 Å². The van der Waals surface area contributed by atoms with Gasteiger partial charge in [-0.1, -0.05) is 20.3 Å². The summed E-state index contributed by atoms with van der Waals surface area (Å²) in [6, 6.07) is 6.43. The molecule has 1 aromatic carbocycles. The molecule has 0 unspecified atom stereocenters. The topological polar surface area (TPSA) is 78.5 Å². The van der Waals surface area contributed by atoms with Gasteiger partial charge in [0.2, 0.25) is 10.0 Å². The number of nitrogens with zero attached hydrogens (tertiary/aromatic N) is 1. The third-order valence-electron chi connectivity index (χ3n) is 5.37. The van der Waals surface area contributed by atoms with Crippen molar-refractivity contribution in [2.75, 3.05) is 13.1 Å². The molecule has 1 aliphatic rings. The van der Waals surface area contributed by atoms with Crippen LogP contribution in [-0.4, -0.2) is 49.4 Å². The van der Waals surface area contributed by atoms with Crippen LogP contribution in [0.2, 0.25) is 0 Å². The normalized spacial score (nSPS) is 19.1. The Kier molecular flexibility index (Phi) is 7.52. The Morgan fingerprint density at radius 1 is 1.10 bits per heavy atom. The molecule has 1 amide bonds. The van der Waals surface area contributed by atoms with Crippen LogP contribution >= 0.6 is 0 Å². The second-order valence-electron chi connectivity index (χ2n) is 9.33. The first-order chi connectivity index (χ1) is 13.4. The van der Waals surface area contributed by atoms with Gasteiger partial charge in [-0.15, -0.1) is 0 Å². The number of hydrogen-bond acceptors (Lipinski definition) is 4. The SMILES string of the molecule is CCCCN(C(=O)c1ccc(S(=O)(=O)NCC)cc1)C1CC(C)(C)NC(C)(C)C1. The van der Waals surface area contributed by atoms with Crippen LogP contribution in [0.5, 0.6) is 0 Å². The van der Waals surface area contributed by atoms with E-state index in [-0.39, 0.29) is 27.9 Å². The van der Waals surface area contributed by atoms with Gasteiger partial charge in [-0.05, 0) is 71.2 Å². The summed E-state index contributed by atoms with van der Waals surface area (Å²) in [5.41, 5.74) is 0.424. The molecule has 1 aromatic rings. The fourth-order valence-corrected chi connectivity index (χ4v) is 5.52. The first-order valence-corrected chi connectivity index (χ1v) is 12.1. The van der Waals surface area contributed by atoms with E-state index in [9.17, 15) is 13.2 Å². The third kappa shape index (κ3) is 6.27. The molecule has 1 heterocycles. The summed E-state index contributed by atoms with van der Waals surface area (Å²) in [6.45, 7) is 13.6. The lowest BCUT2D eigenvalue weighted by atomic mass is 9.78. The number of rotatable bonds is 8. The molecule has 1 saturated heterocycles. The molecule has 0 radical (unpaired) electrons. The van der Waals surface area contributed by atoms with Gasteiger partial charge >= 0.3 is 0 Å². The van der Waals surface area contributed by atoms with Gasteiger partial charge < -0.3 is 10.2 Å². The number of carbonyl (C=O) groups is 1. The predicted molar refractivity (Wildman–Crippen MR) is 118 cm³/mol. The Morgan fingerprint density at radius 2 is 1.66 bits per heavy atom. The summed E-state index contributed by atoms with van der Waals surface area (Å²) in [5, 5.41) is 3.68. The van der Waals surface area contributed by atoms with E-state index in [4.69, 9.17) is 0 Å². The zero-order valence-electron chi connectivity index (χ0n) is 18.7. The van der Waals surface area contributed by atoms with Gasteiger partial charge in [-0.25, -0.2) is 13.1 Å². The predicted octanol–water partition coefficient (Wildman–Crippen LogP) is 3.54. The highest BCUT2D eigenvalue weighted by Crippen LogP contribution is 2.32. The van der Waals surface area contributed by atoms with E-state index >= 15 is 0 Å². The summed E-state index contributed by atoms with van der Waals surface area (Å²) in [6.07, 6.45) is 3.74. The standard InChI is InChI=1S/C22H37N3O3S/c1-7-9-14-25(18-15-21(3,4)24-22(5,6)16-18)20(26)17-10-12-19(13-11-17)29(27,28)23-8-2/h10-13,18,23-24H,7-9,14-16H2,1-6H3. The molecule has 29 heavy (non-hydrogen) atoms. The molecule has 164 valence electrons. The smallest absolute Gasteiger partial charge is 0.254 e. The van der Waals surface area contributed by atoms with Crippen LogP contribution in [-0.2, 0) is 10.0 Å². The van der Waals surface area contributed by atoms with Crippen molar-refractivity contribution >= 4 is 15.9 Å². The number of unbranched alkanes of at least 4 members (excludes halogenated alkanes) is 1. The molecule has 0 bridgehead atoms. The van der Waals surface area contributed by atoms with Crippen LogP contribution in [0.1, 0.15) is 77.6 Å². The Morgan fingerprint density at radius 3 is 2.14 bits per heavy atom. The van der Waals surface area contributed by atoms with E-state index in [0.29, 0.717) is 18.7 Å². The van der Waals surface area contributed by atoms with Crippen molar-refractivity contribution < 1.29 is 13.2 Å². The average molecular weight is 424 g/mol. The van der Waals surface area contributed by atoms with Gasteiger partial charge in [0.05, 0.1) is 4.90 Å². The third-order valence-corrected chi connectivity index (χ3v) is 6.93. The maximum atomic E-state index is 13.4. The number of hydrogen-bond donors (Lipinski definition) is 2. The minimum Gasteiger partial charge on any atom is -0.336 e. The molecule has 2 N–H and O–H groups in total. The highest BCUT2D eigenvalue weighted by atomic mass is 32.2. The van der Waals surface area contributed by atoms with Crippen LogP contribution < -0.4 is 10.0 Å². The maximum absolute atomic E-state index is 13.4. The summed E-state index contributed by atoms with van der Waals surface area (Å²) in [5.74, 6) is -0.0238. The Balaban J connectivity index is 2.29. The second-order valence-corrected chi connectivity index (χ2v) is 11.1. The molecule has 0 saturated carbocycles. The minimum absolute atomic E-state index is 0.0238. The summed E-state index contributed by atoms with van der Waals surface area (Å²) in [7, 11) is -3.52. The van der Waals surface area contributed by atoms with Gasteiger partial charge in [0, 0.05) is 35.8 Å². The lowest BCUT2D eigenvalue weighted by Gasteiger charge is -2.49. The van der Waals surface area contributed by atoms with E-state index in [1.54, 1.807) is 19.1 Å². The minimum atomic E-state index is -3.52. The lowest BCUT2D eigenvalue weighted by molar-refractivity contribution is 0.0441. The molecule has 7 heteroatoms. The molecule has 0 atom stereocenters. The van der Waals surface area contributed by atoms with Crippen molar-refractivity contribution in [3.8, 4) is 0 Å². The number of piperidine rings is 1. The van der Waals surface area contributed by atoms with E-state index in [2.05, 4.69) is 44.7 Å². The fraction of sp³-hybridized carbons (Fsp3) is 0.682. The largest absolute Gasteiger partial charge is 0.336 e. The summed E-state index contributed by atoms with van der Waals surface area (Å²) >= 11 is 0. The Bertz CT molecular complexity index is 785. The fourth-order valence-electron chi connectivity index (χ4n) is 4.48. The Hall–Kier alpha value is -1.44. The van der Waals surface area contributed by atoms with Gasteiger partial charge in [0.25, 0.3) is 5.91 Å². The zero-order valence-corrected chi connectivity index (χ0v) is 19.5. The molecule has 0 aromatic heterocycles. The van der Waals surface area contributed by atoms with E-state index < -0.39 is 10.0 Å². The van der Waals surface area contributed by atoms with E-state index in [0.717, 1.165) is 25.7 Å². The van der Waals surface area contributed by atoms with Crippen LogP contribution in [0.4, 0.5) is 0 Å². The number of benzene rings is 1. The van der Waals surface area contributed by atoms with Crippen LogP contribution in [0, 0.1) is 0 Å². The monoisotopic (exact) mass is 423 g/mol. The number of carbonyl (C=O) groups excluding carboxylic acids is 1. The van der Waals surface area contributed by atoms with Crippen LogP contribution in [0.3, 0.4) is 0 Å². The molecule has 6 nitrogen and oxygen atoms in total.